The van der Waals surface area contributed by atoms with Gasteiger partial charge >= 0.3 is 0 Å². The van der Waals surface area contributed by atoms with Crippen LogP contribution in [0.5, 0.6) is 0 Å². The van der Waals surface area contributed by atoms with E-state index in [1.54, 1.807) is 12.1 Å². The highest BCUT2D eigenvalue weighted by Crippen LogP contribution is 2.20. The Morgan fingerprint density at radius 3 is 2.47 bits per heavy atom. The molecule has 0 unspecified atom stereocenters. The van der Waals surface area contributed by atoms with Crippen molar-refractivity contribution in [3.63, 3.8) is 0 Å². The van der Waals surface area contributed by atoms with E-state index in [1.807, 2.05) is 32.0 Å². The monoisotopic (exact) mass is 276 g/mol. The van der Waals surface area contributed by atoms with Crippen LogP contribution in [0.1, 0.15) is 18.1 Å². The topological polar surface area (TPSA) is 24.4 Å². The number of halogens is 2. The molecule has 2 aromatic carbocycles. The highest BCUT2D eigenvalue weighted by molar-refractivity contribution is 6.31. The van der Waals surface area contributed by atoms with Gasteiger partial charge in [-0.2, -0.15) is 5.10 Å². The van der Waals surface area contributed by atoms with Crippen molar-refractivity contribution >= 4 is 23.0 Å². The first-order valence-corrected chi connectivity index (χ1v) is 6.26. The van der Waals surface area contributed by atoms with E-state index in [4.69, 9.17) is 11.6 Å². The average Bonchev–Trinajstić information content (AvgIpc) is 2.40. The Bertz CT molecular complexity index is 606. The van der Waals surface area contributed by atoms with Gasteiger partial charge in [0.1, 0.15) is 5.82 Å². The summed E-state index contributed by atoms with van der Waals surface area (Å²) >= 11 is 6.03. The molecule has 0 amide bonds. The third kappa shape index (κ3) is 3.55. The molecule has 0 aromatic heterocycles. The molecule has 0 spiro atoms. The van der Waals surface area contributed by atoms with Crippen LogP contribution < -0.4 is 5.43 Å². The molecule has 0 fully saturated rings. The molecule has 98 valence electrons. The largest absolute Gasteiger partial charge is 0.278 e. The number of hydrazone groups is 1. The molecule has 1 N–H and O–H groups in total. The zero-order valence-electron chi connectivity index (χ0n) is 10.7. The Balaban J connectivity index is 2.13. The number of aryl methyl sites for hydroxylation is 1. The summed E-state index contributed by atoms with van der Waals surface area (Å²) in [5.41, 5.74) is 6.41. The third-order valence-electron chi connectivity index (χ3n) is 2.79. The van der Waals surface area contributed by atoms with Gasteiger partial charge in [-0.1, -0.05) is 29.8 Å². The van der Waals surface area contributed by atoms with Gasteiger partial charge in [0.15, 0.2) is 0 Å². The third-order valence-corrected chi connectivity index (χ3v) is 3.19. The van der Waals surface area contributed by atoms with Gasteiger partial charge in [0.2, 0.25) is 0 Å². The molecule has 0 saturated heterocycles. The van der Waals surface area contributed by atoms with Crippen LogP contribution in [0.2, 0.25) is 5.02 Å². The molecule has 0 atom stereocenters. The highest BCUT2D eigenvalue weighted by atomic mass is 35.5. The summed E-state index contributed by atoms with van der Waals surface area (Å²) in [5, 5.41) is 4.94. The van der Waals surface area contributed by atoms with Crippen LogP contribution in [-0.4, -0.2) is 5.71 Å². The summed E-state index contributed by atoms with van der Waals surface area (Å²) in [6.07, 6.45) is 0. The Morgan fingerprint density at radius 1 is 1.16 bits per heavy atom. The first-order chi connectivity index (χ1) is 9.06. The van der Waals surface area contributed by atoms with Crippen LogP contribution in [-0.2, 0) is 0 Å². The minimum absolute atomic E-state index is 0.255. The molecule has 0 aliphatic rings. The summed E-state index contributed by atoms with van der Waals surface area (Å²) < 4.78 is 12.8. The van der Waals surface area contributed by atoms with Gasteiger partial charge in [-0.05, 0) is 49.2 Å². The highest BCUT2D eigenvalue weighted by Gasteiger charge is 1.99. The maximum Gasteiger partial charge on any atom is 0.123 e. The van der Waals surface area contributed by atoms with Crippen molar-refractivity contribution < 1.29 is 4.39 Å². The number of rotatable bonds is 3. The number of nitrogens with zero attached hydrogens (tertiary/aromatic N) is 1. The molecule has 2 nitrogen and oxygen atoms in total. The lowest BCUT2D eigenvalue weighted by Crippen LogP contribution is -1.99. The molecule has 0 saturated carbocycles. The Morgan fingerprint density at radius 2 is 1.84 bits per heavy atom. The van der Waals surface area contributed by atoms with Crippen LogP contribution in [0, 0.1) is 12.7 Å². The minimum atomic E-state index is -0.255. The smallest absolute Gasteiger partial charge is 0.123 e. The normalized spacial score (nSPS) is 11.5. The van der Waals surface area contributed by atoms with E-state index in [0.29, 0.717) is 5.02 Å². The van der Waals surface area contributed by atoms with Gasteiger partial charge in [-0.15, -0.1) is 0 Å². The van der Waals surface area contributed by atoms with Gasteiger partial charge < -0.3 is 0 Å². The predicted molar refractivity (Wildman–Crippen MR) is 78.4 cm³/mol. The fraction of sp³-hybridized carbons (Fsp3) is 0.133. The van der Waals surface area contributed by atoms with Crippen molar-refractivity contribution in [2.75, 3.05) is 5.43 Å². The fourth-order valence-electron chi connectivity index (χ4n) is 1.57. The maximum absolute atomic E-state index is 12.8. The predicted octanol–water partition coefficient (Wildman–Crippen LogP) is 4.62. The van der Waals surface area contributed by atoms with Crippen molar-refractivity contribution in [2.45, 2.75) is 13.8 Å². The Kier molecular flexibility index (Phi) is 4.17. The maximum atomic E-state index is 12.8. The summed E-state index contributed by atoms with van der Waals surface area (Å²) in [6.45, 7) is 3.80. The average molecular weight is 277 g/mol. The fourth-order valence-corrected chi connectivity index (χ4v) is 1.75. The Hall–Kier alpha value is -1.87. The molecule has 0 radical (unpaired) electrons. The molecule has 19 heavy (non-hydrogen) atoms. The van der Waals surface area contributed by atoms with E-state index < -0.39 is 0 Å². The van der Waals surface area contributed by atoms with Crippen LogP contribution in [0.25, 0.3) is 0 Å². The number of nitrogens with one attached hydrogen (secondary N) is 1. The van der Waals surface area contributed by atoms with Crippen molar-refractivity contribution in [2.24, 2.45) is 5.10 Å². The molecule has 0 aliphatic heterocycles. The van der Waals surface area contributed by atoms with Gasteiger partial charge in [0.05, 0.1) is 11.4 Å². The van der Waals surface area contributed by atoms with Gasteiger partial charge in [-0.3, -0.25) is 5.43 Å². The number of benzene rings is 2. The van der Waals surface area contributed by atoms with Crippen LogP contribution in [0.3, 0.4) is 0 Å². The summed E-state index contributed by atoms with van der Waals surface area (Å²) in [4.78, 5) is 0. The van der Waals surface area contributed by atoms with Crippen molar-refractivity contribution in [3.05, 3.63) is 64.4 Å². The second kappa shape index (κ2) is 5.85. The van der Waals surface area contributed by atoms with Gasteiger partial charge in [-0.25, -0.2) is 4.39 Å². The number of anilines is 1. The molecular formula is C15H14ClFN2. The van der Waals surface area contributed by atoms with Gasteiger partial charge in [0, 0.05) is 5.02 Å². The first-order valence-electron chi connectivity index (χ1n) is 5.88. The quantitative estimate of drug-likeness (QED) is 0.642. The number of hydrogen-bond donors (Lipinski definition) is 1. The van der Waals surface area contributed by atoms with Crippen LogP contribution in [0.15, 0.2) is 47.6 Å². The van der Waals surface area contributed by atoms with E-state index >= 15 is 0 Å². The van der Waals surface area contributed by atoms with E-state index in [2.05, 4.69) is 10.5 Å². The molecule has 2 aromatic rings. The lowest BCUT2D eigenvalue weighted by atomic mass is 10.1. The van der Waals surface area contributed by atoms with E-state index in [0.717, 1.165) is 22.5 Å². The van der Waals surface area contributed by atoms with Crippen molar-refractivity contribution in [1.82, 2.24) is 0 Å². The zero-order valence-corrected chi connectivity index (χ0v) is 11.5. The molecule has 2 rings (SSSR count). The molecule has 0 aliphatic carbocycles. The Labute approximate surface area is 116 Å². The standard InChI is InChI=1S/C15H14ClFN2/c1-10-3-8-14(9-15(10)16)19-18-11(2)12-4-6-13(17)7-5-12/h3-9,19H,1-2H3/b18-11-. The van der Waals surface area contributed by atoms with Crippen molar-refractivity contribution in [1.29, 1.82) is 0 Å². The molecule has 4 heteroatoms. The molecule has 0 bridgehead atoms. The van der Waals surface area contributed by atoms with Crippen LogP contribution >= 0.6 is 11.6 Å². The molecular weight excluding hydrogens is 263 g/mol. The van der Waals surface area contributed by atoms with Crippen LogP contribution in [0.4, 0.5) is 10.1 Å². The zero-order chi connectivity index (χ0) is 13.8. The lowest BCUT2D eigenvalue weighted by molar-refractivity contribution is 0.628. The van der Waals surface area contributed by atoms with E-state index in [1.165, 1.54) is 12.1 Å². The van der Waals surface area contributed by atoms with E-state index in [9.17, 15) is 4.39 Å². The second-order valence-corrected chi connectivity index (χ2v) is 4.69. The van der Waals surface area contributed by atoms with Crippen molar-refractivity contribution in [3.8, 4) is 0 Å². The lowest BCUT2D eigenvalue weighted by Gasteiger charge is -2.05. The SMILES string of the molecule is C/C(=N/Nc1ccc(C)c(Cl)c1)c1ccc(F)cc1. The molecule has 0 heterocycles. The second-order valence-electron chi connectivity index (χ2n) is 4.28. The summed E-state index contributed by atoms with van der Waals surface area (Å²) in [5.74, 6) is -0.255. The summed E-state index contributed by atoms with van der Waals surface area (Å²) in [6, 6.07) is 11.9. The van der Waals surface area contributed by atoms with Gasteiger partial charge in [0.25, 0.3) is 0 Å². The van der Waals surface area contributed by atoms with E-state index in [-0.39, 0.29) is 5.82 Å². The number of hydrogen-bond acceptors (Lipinski definition) is 2. The summed E-state index contributed by atoms with van der Waals surface area (Å²) in [7, 11) is 0. The first kappa shape index (κ1) is 13.6. The minimum Gasteiger partial charge on any atom is -0.278 e.